The second kappa shape index (κ2) is 10.1. The Bertz CT molecular complexity index is 1050. The lowest BCUT2D eigenvalue weighted by atomic mass is 9.95. The van der Waals surface area contributed by atoms with Crippen LogP contribution in [0.2, 0.25) is 5.02 Å². The van der Waals surface area contributed by atoms with Crippen molar-refractivity contribution >= 4 is 34.8 Å². The molecule has 0 unspecified atom stereocenters. The Morgan fingerprint density at radius 2 is 1.87 bits per heavy atom. The first-order valence-electron chi connectivity index (χ1n) is 10.4. The van der Waals surface area contributed by atoms with Gasteiger partial charge < -0.3 is 10.2 Å². The van der Waals surface area contributed by atoms with E-state index in [0.29, 0.717) is 49.5 Å². The van der Waals surface area contributed by atoms with E-state index >= 15 is 0 Å². The maximum Gasteiger partial charge on any atom is 0.253 e. The Hall–Kier alpha value is -2.70. The highest BCUT2D eigenvalue weighted by molar-refractivity contribution is 7.13. The summed E-state index contributed by atoms with van der Waals surface area (Å²) < 4.78 is 0. The number of nitrogens with one attached hydrogen (secondary N) is 1. The van der Waals surface area contributed by atoms with E-state index in [9.17, 15) is 9.59 Å². The average Bonchev–Trinajstić information content (AvgIpc) is 3.28. The van der Waals surface area contributed by atoms with Crippen LogP contribution in [-0.4, -0.2) is 41.3 Å². The number of halogens is 1. The standard InChI is InChI=1S/C24H24ClN3O2S/c25-20-8-4-7-19(15-20)24(30)28-13-10-17(11-14-28)22(29)26-12-9-21-16-31-23(27-21)18-5-2-1-3-6-18/h1-8,15-17H,9-14H2,(H,26,29). The lowest BCUT2D eigenvalue weighted by Gasteiger charge is -2.31. The summed E-state index contributed by atoms with van der Waals surface area (Å²) in [6.45, 7) is 1.73. The average molecular weight is 454 g/mol. The van der Waals surface area contributed by atoms with E-state index in [1.807, 2.05) is 30.3 Å². The number of carbonyl (C=O) groups excluding carboxylic acids is 2. The third-order valence-electron chi connectivity index (χ3n) is 5.48. The lowest BCUT2D eigenvalue weighted by molar-refractivity contribution is -0.126. The molecule has 1 saturated heterocycles. The van der Waals surface area contributed by atoms with E-state index in [1.165, 1.54) is 0 Å². The van der Waals surface area contributed by atoms with Crippen LogP contribution in [-0.2, 0) is 11.2 Å². The summed E-state index contributed by atoms with van der Waals surface area (Å²) in [5.74, 6) is -0.0220. The molecule has 0 radical (unpaired) electrons. The van der Waals surface area contributed by atoms with E-state index in [4.69, 9.17) is 11.6 Å². The van der Waals surface area contributed by atoms with Crippen LogP contribution in [0.3, 0.4) is 0 Å². The first-order chi connectivity index (χ1) is 15.1. The van der Waals surface area contributed by atoms with E-state index in [1.54, 1.807) is 40.5 Å². The molecule has 0 aliphatic carbocycles. The predicted octanol–water partition coefficient (Wildman–Crippen LogP) is 4.67. The molecule has 1 aromatic heterocycles. The highest BCUT2D eigenvalue weighted by Crippen LogP contribution is 2.24. The fourth-order valence-electron chi connectivity index (χ4n) is 3.74. The van der Waals surface area contributed by atoms with Crippen LogP contribution in [0.5, 0.6) is 0 Å². The molecule has 1 fully saturated rings. The number of hydrogen-bond donors (Lipinski definition) is 1. The van der Waals surface area contributed by atoms with Crippen LogP contribution in [0.15, 0.2) is 60.0 Å². The number of benzene rings is 2. The van der Waals surface area contributed by atoms with Crippen LogP contribution < -0.4 is 5.32 Å². The van der Waals surface area contributed by atoms with Gasteiger partial charge in [-0.1, -0.05) is 48.0 Å². The number of likely N-dealkylation sites (tertiary alicyclic amines) is 1. The van der Waals surface area contributed by atoms with Gasteiger partial charge in [-0.25, -0.2) is 4.98 Å². The molecule has 2 amide bonds. The molecule has 0 spiro atoms. The molecule has 31 heavy (non-hydrogen) atoms. The van der Waals surface area contributed by atoms with Gasteiger partial charge in [0, 0.05) is 53.5 Å². The van der Waals surface area contributed by atoms with Crippen LogP contribution >= 0.6 is 22.9 Å². The number of hydrogen-bond acceptors (Lipinski definition) is 4. The van der Waals surface area contributed by atoms with Gasteiger partial charge in [-0.05, 0) is 31.0 Å². The Morgan fingerprint density at radius 3 is 2.61 bits per heavy atom. The van der Waals surface area contributed by atoms with Gasteiger partial charge in [0.2, 0.25) is 5.91 Å². The number of nitrogens with zero attached hydrogens (tertiary/aromatic N) is 2. The van der Waals surface area contributed by atoms with Crippen LogP contribution in [0, 0.1) is 5.92 Å². The van der Waals surface area contributed by atoms with Crippen molar-refractivity contribution in [3.05, 3.63) is 76.3 Å². The van der Waals surface area contributed by atoms with E-state index < -0.39 is 0 Å². The molecule has 3 aromatic rings. The normalized spacial score (nSPS) is 14.4. The number of thiazole rings is 1. The molecule has 2 aromatic carbocycles. The zero-order chi connectivity index (χ0) is 21.6. The van der Waals surface area contributed by atoms with Crippen molar-refractivity contribution in [1.82, 2.24) is 15.2 Å². The number of piperidine rings is 1. The summed E-state index contributed by atoms with van der Waals surface area (Å²) in [7, 11) is 0. The first kappa shape index (κ1) is 21.5. The largest absolute Gasteiger partial charge is 0.355 e. The number of aromatic nitrogens is 1. The summed E-state index contributed by atoms with van der Waals surface area (Å²) in [6, 6.07) is 17.1. The lowest BCUT2D eigenvalue weighted by Crippen LogP contribution is -2.43. The van der Waals surface area contributed by atoms with E-state index in [0.717, 1.165) is 16.3 Å². The van der Waals surface area contributed by atoms with Gasteiger partial charge in [-0.2, -0.15) is 0 Å². The van der Waals surface area contributed by atoms with Crippen molar-refractivity contribution in [1.29, 1.82) is 0 Å². The number of rotatable bonds is 6. The zero-order valence-electron chi connectivity index (χ0n) is 17.1. The summed E-state index contributed by atoms with van der Waals surface area (Å²) in [5.41, 5.74) is 2.70. The first-order valence-corrected chi connectivity index (χ1v) is 11.7. The van der Waals surface area contributed by atoms with E-state index in [-0.39, 0.29) is 17.7 Å². The zero-order valence-corrected chi connectivity index (χ0v) is 18.7. The maximum absolute atomic E-state index is 12.6. The van der Waals surface area contributed by atoms with Crippen molar-refractivity contribution in [3.63, 3.8) is 0 Å². The van der Waals surface area contributed by atoms with Crippen molar-refractivity contribution in [2.75, 3.05) is 19.6 Å². The molecule has 5 nitrogen and oxygen atoms in total. The molecular weight excluding hydrogens is 430 g/mol. The molecule has 0 atom stereocenters. The second-order valence-corrected chi connectivity index (χ2v) is 8.92. The SMILES string of the molecule is O=C(NCCc1csc(-c2ccccc2)n1)C1CCN(C(=O)c2cccc(Cl)c2)CC1. The molecular formula is C24H24ClN3O2S. The quantitative estimate of drug-likeness (QED) is 0.589. The monoisotopic (exact) mass is 453 g/mol. The summed E-state index contributed by atoms with van der Waals surface area (Å²) in [6.07, 6.45) is 2.06. The molecule has 7 heteroatoms. The second-order valence-electron chi connectivity index (χ2n) is 7.63. The predicted molar refractivity (Wildman–Crippen MR) is 124 cm³/mol. The molecule has 0 saturated carbocycles. The Morgan fingerprint density at radius 1 is 1.10 bits per heavy atom. The van der Waals surface area contributed by atoms with Gasteiger partial charge in [-0.15, -0.1) is 11.3 Å². The summed E-state index contributed by atoms with van der Waals surface area (Å²) in [5, 5.41) is 6.64. The van der Waals surface area contributed by atoms with Crippen molar-refractivity contribution in [3.8, 4) is 10.6 Å². The van der Waals surface area contributed by atoms with Crippen LogP contribution in [0.4, 0.5) is 0 Å². The Kier molecular flexibility index (Phi) is 6.99. The van der Waals surface area contributed by atoms with Crippen LogP contribution in [0.25, 0.3) is 10.6 Å². The third kappa shape index (κ3) is 5.51. The smallest absolute Gasteiger partial charge is 0.253 e. The Labute approximate surface area is 191 Å². The fourth-order valence-corrected chi connectivity index (χ4v) is 4.79. The fraction of sp³-hybridized carbons (Fsp3) is 0.292. The minimum absolute atomic E-state index is 0.0286. The molecule has 4 rings (SSSR count). The van der Waals surface area contributed by atoms with Gasteiger partial charge in [0.1, 0.15) is 5.01 Å². The van der Waals surface area contributed by atoms with Crippen molar-refractivity contribution < 1.29 is 9.59 Å². The van der Waals surface area contributed by atoms with Crippen molar-refractivity contribution in [2.45, 2.75) is 19.3 Å². The van der Waals surface area contributed by atoms with Gasteiger partial charge in [0.25, 0.3) is 5.91 Å². The number of carbonyl (C=O) groups is 2. The minimum Gasteiger partial charge on any atom is -0.355 e. The van der Waals surface area contributed by atoms with Crippen molar-refractivity contribution in [2.24, 2.45) is 5.92 Å². The molecule has 160 valence electrons. The third-order valence-corrected chi connectivity index (χ3v) is 6.65. The van der Waals surface area contributed by atoms with Crippen LogP contribution in [0.1, 0.15) is 28.9 Å². The highest BCUT2D eigenvalue weighted by Gasteiger charge is 2.27. The summed E-state index contributed by atoms with van der Waals surface area (Å²) >= 11 is 7.61. The molecule has 1 aliphatic heterocycles. The Balaban J connectivity index is 1.22. The van der Waals surface area contributed by atoms with Gasteiger partial charge in [0.05, 0.1) is 5.69 Å². The van der Waals surface area contributed by atoms with Gasteiger partial charge in [-0.3, -0.25) is 9.59 Å². The molecule has 1 aliphatic rings. The van der Waals surface area contributed by atoms with Gasteiger partial charge in [0.15, 0.2) is 0 Å². The molecule has 2 heterocycles. The highest BCUT2D eigenvalue weighted by atomic mass is 35.5. The number of amides is 2. The topological polar surface area (TPSA) is 62.3 Å². The summed E-state index contributed by atoms with van der Waals surface area (Å²) in [4.78, 5) is 31.6. The van der Waals surface area contributed by atoms with Gasteiger partial charge >= 0.3 is 0 Å². The molecule has 1 N–H and O–H groups in total. The minimum atomic E-state index is -0.0567. The molecule has 0 bridgehead atoms. The van der Waals surface area contributed by atoms with E-state index in [2.05, 4.69) is 15.7 Å². The maximum atomic E-state index is 12.6.